The lowest BCUT2D eigenvalue weighted by molar-refractivity contribution is 0.201. The highest BCUT2D eigenvalue weighted by Gasteiger charge is 2.17. The van der Waals surface area contributed by atoms with Crippen molar-refractivity contribution in [3.05, 3.63) is 42.4 Å². The minimum absolute atomic E-state index is 0.0152. The fraction of sp³-hybridized carbons (Fsp3) is 0.500. The molecule has 0 unspecified atom stereocenters. The Morgan fingerprint density at radius 1 is 1.40 bits per heavy atom. The molecule has 7 nitrogen and oxygen atoms in total. The van der Waals surface area contributed by atoms with E-state index in [9.17, 15) is 4.79 Å². The zero-order valence-corrected chi connectivity index (χ0v) is 14.5. The molecule has 0 radical (unpaired) electrons. The third-order valence-electron chi connectivity index (χ3n) is 4.24. The summed E-state index contributed by atoms with van der Waals surface area (Å²) in [6, 6.07) is 5.43. The van der Waals surface area contributed by atoms with Crippen LogP contribution in [0.1, 0.15) is 38.2 Å². The van der Waals surface area contributed by atoms with Crippen LogP contribution in [-0.2, 0) is 13.1 Å². The number of nitrogens with one attached hydrogen (secondary N) is 2. The van der Waals surface area contributed by atoms with E-state index >= 15 is 0 Å². The molecule has 0 bridgehead atoms. The summed E-state index contributed by atoms with van der Waals surface area (Å²) in [5.74, 6) is 0.638. The third-order valence-corrected chi connectivity index (χ3v) is 4.24. The topological polar surface area (TPSA) is 81.1 Å². The maximum absolute atomic E-state index is 12.0. The first-order chi connectivity index (χ1) is 12.2. The number of amides is 2. The molecule has 7 heteroatoms. The first kappa shape index (κ1) is 17.3. The van der Waals surface area contributed by atoms with E-state index in [0.29, 0.717) is 19.0 Å². The molecule has 2 aromatic rings. The van der Waals surface area contributed by atoms with Gasteiger partial charge in [0.25, 0.3) is 0 Å². The molecule has 2 heterocycles. The van der Waals surface area contributed by atoms with Crippen LogP contribution in [-0.4, -0.2) is 32.9 Å². The summed E-state index contributed by atoms with van der Waals surface area (Å²) in [7, 11) is 0. The van der Waals surface area contributed by atoms with Gasteiger partial charge in [0, 0.05) is 37.2 Å². The Labute approximate surface area is 147 Å². The van der Waals surface area contributed by atoms with Crippen molar-refractivity contribution < 1.29 is 9.53 Å². The van der Waals surface area contributed by atoms with Crippen LogP contribution in [0.3, 0.4) is 0 Å². The molecule has 1 atom stereocenters. The zero-order valence-electron chi connectivity index (χ0n) is 14.5. The number of urea groups is 1. The number of aromatic nitrogens is 3. The maximum Gasteiger partial charge on any atom is 0.315 e. The number of hydrogen-bond donors (Lipinski definition) is 2. The highest BCUT2D eigenvalue weighted by molar-refractivity contribution is 5.74. The smallest absolute Gasteiger partial charge is 0.315 e. The molecule has 134 valence electrons. The second-order valence-electron chi connectivity index (χ2n) is 6.48. The summed E-state index contributed by atoms with van der Waals surface area (Å²) in [5.41, 5.74) is 0.970. The van der Waals surface area contributed by atoms with Gasteiger partial charge in [0.2, 0.25) is 5.88 Å². The standard InChI is InChI=1S/C18H25N5O2/c1-14(13-23-10-4-8-21-23)22-18(24)20-12-15-7-9-19-17(11-15)25-16-5-2-3-6-16/h4,7-11,14,16H,2-3,5-6,12-13H2,1H3,(H2,20,22,24)/t14-/m0/s1. The molecule has 1 saturated carbocycles. The molecule has 25 heavy (non-hydrogen) atoms. The molecule has 1 fully saturated rings. The summed E-state index contributed by atoms with van der Waals surface area (Å²) in [6.07, 6.45) is 10.2. The van der Waals surface area contributed by atoms with Gasteiger partial charge in [-0.15, -0.1) is 0 Å². The van der Waals surface area contributed by atoms with E-state index in [1.807, 2.05) is 31.3 Å². The summed E-state index contributed by atoms with van der Waals surface area (Å²) in [6.45, 7) is 3.01. The first-order valence-corrected chi connectivity index (χ1v) is 8.82. The Kier molecular flexibility index (Phi) is 5.87. The molecule has 2 amide bonds. The molecule has 0 spiro atoms. The second-order valence-corrected chi connectivity index (χ2v) is 6.48. The summed E-state index contributed by atoms with van der Waals surface area (Å²) < 4.78 is 7.69. The number of pyridine rings is 1. The van der Waals surface area contributed by atoms with Gasteiger partial charge in [0.15, 0.2) is 0 Å². The van der Waals surface area contributed by atoms with Crippen LogP contribution in [0, 0.1) is 0 Å². The van der Waals surface area contributed by atoms with Gasteiger partial charge in [-0.2, -0.15) is 5.10 Å². The average Bonchev–Trinajstić information content (AvgIpc) is 3.27. The molecule has 0 aromatic carbocycles. The Morgan fingerprint density at radius 3 is 3.00 bits per heavy atom. The average molecular weight is 343 g/mol. The van der Waals surface area contributed by atoms with Crippen molar-refractivity contribution in [3.8, 4) is 5.88 Å². The van der Waals surface area contributed by atoms with Crippen LogP contribution in [0.2, 0.25) is 0 Å². The predicted octanol–water partition coefficient (Wildman–Crippen LogP) is 2.49. The lowest BCUT2D eigenvalue weighted by Crippen LogP contribution is -2.42. The Morgan fingerprint density at radius 2 is 2.24 bits per heavy atom. The summed E-state index contributed by atoms with van der Waals surface area (Å²) in [4.78, 5) is 16.3. The summed E-state index contributed by atoms with van der Waals surface area (Å²) in [5, 5.41) is 9.90. The molecule has 0 saturated heterocycles. The zero-order chi connectivity index (χ0) is 17.5. The highest BCUT2D eigenvalue weighted by atomic mass is 16.5. The number of carbonyl (C=O) groups is 1. The van der Waals surface area contributed by atoms with Crippen LogP contribution >= 0.6 is 0 Å². The minimum atomic E-state index is -0.199. The van der Waals surface area contributed by atoms with Gasteiger partial charge in [-0.05, 0) is 50.3 Å². The Hall–Kier alpha value is -2.57. The van der Waals surface area contributed by atoms with Crippen molar-refractivity contribution in [2.75, 3.05) is 0 Å². The number of nitrogens with zero attached hydrogens (tertiary/aromatic N) is 3. The van der Waals surface area contributed by atoms with Crippen molar-refractivity contribution in [1.29, 1.82) is 0 Å². The SMILES string of the molecule is C[C@@H](Cn1cccn1)NC(=O)NCc1ccnc(OC2CCCC2)c1. The number of ether oxygens (including phenoxy) is 1. The van der Waals surface area contributed by atoms with Crippen molar-refractivity contribution in [2.45, 2.75) is 57.8 Å². The van der Waals surface area contributed by atoms with Gasteiger partial charge in [-0.1, -0.05) is 0 Å². The van der Waals surface area contributed by atoms with E-state index in [1.54, 1.807) is 17.1 Å². The van der Waals surface area contributed by atoms with Gasteiger partial charge in [0.05, 0.1) is 6.54 Å². The van der Waals surface area contributed by atoms with Gasteiger partial charge < -0.3 is 15.4 Å². The van der Waals surface area contributed by atoms with Crippen molar-refractivity contribution in [2.24, 2.45) is 0 Å². The fourth-order valence-electron chi connectivity index (χ4n) is 2.99. The van der Waals surface area contributed by atoms with Crippen molar-refractivity contribution in [1.82, 2.24) is 25.4 Å². The van der Waals surface area contributed by atoms with E-state index in [-0.39, 0.29) is 18.2 Å². The van der Waals surface area contributed by atoms with Crippen LogP contribution in [0.4, 0.5) is 4.79 Å². The Bertz CT molecular complexity index is 668. The van der Waals surface area contributed by atoms with Gasteiger partial charge in [0.1, 0.15) is 6.10 Å². The fourth-order valence-corrected chi connectivity index (χ4v) is 2.99. The Balaban J connectivity index is 1.43. The highest BCUT2D eigenvalue weighted by Crippen LogP contribution is 2.23. The van der Waals surface area contributed by atoms with Gasteiger partial charge in [-0.3, -0.25) is 4.68 Å². The largest absolute Gasteiger partial charge is 0.474 e. The molecule has 1 aliphatic carbocycles. The van der Waals surface area contributed by atoms with Crippen molar-refractivity contribution >= 4 is 6.03 Å². The number of carbonyl (C=O) groups excluding carboxylic acids is 1. The molecular weight excluding hydrogens is 318 g/mol. The van der Waals surface area contributed by atoms with Crippen LogP contribution in [0.25, 0.3) is 0 Å². The van der Waals surface area contributed by atoms with E-state index in [2.05, 4.69) is 20.7 Å². The van der Waals surface area contributed by atoms with E-state index in [1.165, 1.54) is 12.8 Å². The first-order valence-electron chi connectivity index (χ1n) is 8.82. The quantitative estimate of drug-likeness (QED) is 0.809. The van der Waals surface area contributed by atoms with Gasteiger partial charge in [-0.25, -0.2) is 9.78 Å². The van der Waals surface area contributed by atoms with Crippen molar-refractivity contribution in [3.63, 3.8) is 0 Å². The van der Waals surface area contributed by atoms with Gasteiger partial charge >= 0.3 is 6.03 Å². The normalized spacial score (nSPS) is 15.7. The summed E-state index contributed by atoms with van der Waals surface area (Å²) >= 11 is 0. The maximum atomic E-state index is 12.0. The third kappa shape index (κ3) is 5.48. The number of hydrogen-bond acceptors (Lipinski definition) is 4. The molecule has 1 aliphatic rings. The van der Waals surface area contributed by atoms with E-state index < -0.39 is 0 Å². The monoisotopic (exact) mass is 343 g/mol. The number of rotatable bonds is 7. The van der Waals surface area contributed by atoms with E-state index in [4.69, 9.17) is 4.74 Å². The molecule has 0 aliphatic heterocycles. The lowest BCUT2D eigenvalue weighted by Gasteiger charge is -2.15. The molecule has 2 N–H and O–H groups in total. The van der Waals surface area contributed by atoms with Crippen LogP contribution in [0.5, 0.6) is 5.88 Å². The second kappa shape index (κ2) is 8.50. The minimum Gasteiger partial charge on any atom is -0.474 e. The predicted molar refractivity (Wildman–Crippen MR) is 94.2 cm³/mol. The van der Waals surface area contributed by atoms with Crippen LogP contribution in [0.15, 0.2) is 36.8 Å². The lowest BCUT2D eigenvalue weighted by atomic mass is 10.2. The molecule has 3 rings (SSSR count). The molecular formula is C18H25N5O2. The molecule has 2 aromatic heterocycles. The van der Waals surface area contributed by atoms with Crippen LogP contribution < -0.4 is 15.4 Å². The van der Waals surface area contributed by atoms with E-state index in [0.717, 1.165) is 18.4 Å².